The summed E-state index contributed by atoms with van der Waals surface area (Å²) in [5.74, 6) is 0. The molecule has 1 atom stereocenters. The Morgan fingerprint density at radius 2 is 2.09 bits per heavy atom. The van der Waals surface area contributed by atoms with Crippen LogP contribution in [0.2, 0.25) is 0 Å². The van der Waals surface area contributed by atoms with Crippen LogP contribution in [-0.4, -0.2) is 34.8 Å². The molecule has 0 saturated carbocycles. The topological polar surface area (TPSA) is 37.6 Å². The van der Waals surface area contributed by atoms with E-state index in [4.69, 9.17) is 0 Å². The fourth-order valence-corrected chi connectivity index (χ4v) is 3.46. The van der Waals surface area contributed by atoms with Crippen LogP contribution >= 0.6 is 11.3 Å². The minimum absolute atomic E-state index is 0.149. The van der Waals surface area contributed by atoms with Crippen LogP contribution in [0.15, 0.2) is 29.4 Å². The smallest absolute Gasteiger partial charge is 0.320 e. The number of nitrogens with zero attached hydrogens (tertiary/aromatic N) is 3. The fourth-order valence-electron chi connectivity index (χ4n) is 2.64. The van der Waals surface area contributed by atoms with Gasteiger partial charge < -0.3 is 4.90 Å². The van der Waals surface area contributed by atoms with Crippen molar-refractivity contribution in [2.24, 2.45) is 4.99 Å². The van der Waals surface area contributed by atoms with Gasteiger partial charge in [0.15, 0.2) is 4.80 Å². The predicted molar refractivity (Wildman–Crippen MR) is 89.9 cm³/mol. The first-order chi connectivity index (χ1) is 10.9. The molecule has 0 bridgehead atoms. The minimum Gasteiger partial charge on any atom is -0.320 e. The Kier molecular flexibility index (Phi) is 4.35. The number of carbonyl (C=O) groups excluding carboxylic acids is 1. The zero-order chi connectivity index (χ0) is 16.6. The van der Waals surface area contributed by atoms with E-state index >= 15 is 0 Å². The Morgan fingerprint density at radius 3 is 2.74 bits per heavy atom. The standard InChI is InChI=1S/C17H20FN3OS/c1-11-4-5-15(8-12(11)2)21-9-13(3)23-17(21)19-16(22)20-7-6-14(18)10-20/h4-5,8-9,14H,6-7,10H2,1-3H3/b19-17-/t14-/m1/s1. The molecule has 0 aliphatic carbocycles. The molecule has 23 heavy (non-hydrogen) atoms. The summed E-state index contributed by atoms with van der Waals surface area (Å²) in [6.45, 7) is 6.71. The van der Waals surface area contributed by atoms with Gasteiger partial charge in [0.2, 0.25) is 0 Å². The zero-order valence-corrected chi connectivity index (χ0v) is 14.4. The largest absolute Gasteiger partial charge is 0.346 e. The van der Waals surface area contributed by atoms with Crippen LogP contribution < -0.4 is 4.80 Å². The molecule has 1 aromatic heterocycles. The molecular weight excluding hydrogens is 313 g/mol. The number of urea groups is 1. The zero-order valence-electron chi connectivity index (χ0n) is 13.5. The molecule has 2 amide bonds. The molecule has 1 aliphatic heterocycles. The first-order valence-corrected chi connectivity index (χ1v) is 8.50. The number of aryl methyl sites for hydroxylation is 3. The first kappa shape index (κ1) is 15.9. The van der Waals surface area contributed by atoms with Crippen molar-refractivity contribution in [1.82, 2.24) is 9.47 Å². The number of hydrogen-bond donors (Lipinski definition) is 0. The van der Waals surface area contributed by atoms with Gasteiger partial charge in [-0.1, -0.05) is 6.07 Å². The minimum atomic E-state index is -0.925. The van der Waals surface area contributed by atoms with Crippen LogP contribution in [-0.2, 0) is 0 Å². The maximum Gasteiger partial charge on any atom is 0.346 e. The second-order valence-electron chi connectivity index (χ2n) is 5.99. The van der Waals surface area contributed by atoms with Crippen LogP contribution in [0.3, 0.4) is 0 Å². The molecule has 1 saturated heterocycles. The number of rotatable bonds is 1. The second kappa shape index (κ2) is 6.28. The summed E-state index contributed by atoms with van der Waals surface area (Å²) >= 11 is 1.46. The molecule has 0 unspecified atom stereocenters. The van der Waals surface area contributed by atoms with Gasteiger partial charge in [0.05, 0.1) is 6.54 Å². The van der Waals surface area contributed by atoms with E-state index < -0.39 is 6.17 Å². The lowest BCUT2D eigenvalue weighted by Crippen LogP contribution is -2.28. The van der Waals surface area contributed by atoms with E-state index in [1.54, 1.807) is 0 Å². The van der Waals surface area contributed by atoms with Crippen LogP contribution in [0.25, 0.3) is 5.69 Å². The highest BCUT2D eigenvalue weighted by Gasteiger charge is 2.25. The van der Waals surface area contributed by atoms with Crippen molar-refractivity contribution < 1.29 is 9.18 Å². The van der Waals surface area contributed by atoms with Gasteiger partial charge >= 0.3 is 6.03 Å². The number of thiazole rings is 1. The fraction of sp³-hybridized carbons (Fsp3) is 0.412. The van der Waals surface area contributed by atoms with E-state index in [0.29, 0.717) is 17.8 Å². The summed E-state index contributed by atoms with van der Waals surface area (Å²) in [6.07, 6.45) is 1.45. The number of aromatic nitrogens is 1. The third kappa shape index (κ3) is 3.37. The van der Waals surface area contributed by atoms with E-state index in [2.05, 4.69) is 31.0 Å². The van der Waals surface area contributed by atoms with Gasteiger partial charge in [-0.25, -0.2) is 9.18 Å². The lowest BCUT2D eigenvalue weighted by Gasteiger charge is -2.11. The van der Waals surface area contributed by atoms with Gasteiger partial charge in [-0.15, -0.1) is 11.3 Å². The molecular formula is C17H20FN3OS. The van der Waals surface area contributed by atoms with Gasteiger partial charge in [0.1, 0.15) is 6.17 Å². The molecule has 0 N–H and O–H groups in total. The van der Waals surface area contributed by atoms with Crippen LogP contribution in [0.5, 0.6) is 0 Å². The highest BCUT2D eigenvalue weighted by atomic mass is 32.1. The van der Waals surface area contributed by atoms with E-state index in [1.165, 1.54) is 27.4 Å². The van der Waals surface area contributed by atoms with Gasteiger partial charge in [0.25, 0.3) is 0 Å². The monoisotopic (exact) mass is 333 g/mol. The van der Waals surface area contributed by atoms with Crippen molar-refractivity contribution in [3.05, 3.63) is 45.2 Å². The number of carbonyl (C=O) groups is 1. The average Bonchev–Trinajstić information content (AvgIpc) is 3.08. The van der Waals surface area contributed by atoms with Gasteiger partial charge in [-0.2, -0.15) is 4.99 Å². The number of hydrogen-bond acceptors (Lipinski definition) is 2. The van der Waals surface area contributed by atoms with Gasteiger partial charge in [0, 0.05) is 23.3 Å². The Morgan fingerprint density at radius 1 is 1.30 bits per heavy atom. The molecule has 4 nitrogen and oxygen atoms in total. The summed E-state index contributed by atoms with van der Waals surface area (Å²) in [4.78, 5) is 19.7. The second-order valence-corrected chi connectivity index (χ2v) is 7.20. The van der Waals surface area contributed by atoms with Crippen molar-refractivity contribution in [2.45, 2.75) is 33.4 Å². The lowest BCUT2D eigenvalue weighted by atomic mass is 10.1. The molecule has 0 radical (unpaired) electrons. The summed E-state index contributed by atoms with van der Waals surface area (Å²) in [6, 6.07) is 5.80. The molecule has 0 spiro atoms. The van der Waals surface area contributed by atoms with E-state index in [9.17, 15) is 9.18 Å². The van der Waals surface area contributed by atoms with Crippen molar-refractivity contribution >= 4 is 17.4 Å². The van der Waals surface area contributed by atoms with Crippen molar-refractivity contribution in [1.29, 1.82) is 0 Å². The van der Waals surface area contributed by atoms with Gasteiger partial charge in [-0.3, -0.25) is 4.57 Å². The lowest BCUT2D eigenvalue weighted by molar-refractivity contribution is 0.213. The molecule has 2 aromatic rings. The van der Waals surface area contributed by atoms with Crippen molar-refractivity contribution in [3.63, 3.8) is 0 Å². The van der Waals surface area contributed by atoms with Crippen molar-refractivity contribution in [2.75, 3.05) is 13.1 Å². The van der Waals surface area contributed by atoms with Gasteiger partial charge in [-0.05, 0) is 50.5 Å². The molecule has 3 rings (SSSR count). The van der Waals surface area contributed by atoms with E-state index in [1.807, 2.05) is 23.8 Å². The average molecular weight is 333 g/mol. The van der Waals surface area contributed by atoms with Crippen LogP contribution in [0.4, 0.5) is 9.18 Å². The number of amides is 2. The summed E-state index contributed by atoms with van der Waals surface area (Å²) in [5.41, 5.74) is 3.40. The third-order valence-electron chi connectivity index (χ3n) is 4.13. The Labute approximate surface area is 138 Å². The summed E-state index contributed by atoms with van der Waals surface area (Å²) in [5, 5.41) is 0. The Balaban J connectivity index is 1.98. The first-order valence-electron chi connectivity index (χ1n) is 7.68. The Hall–Kier alpha value is -1.95. The number of alkyl halides is 1. The maximum atomic E-state index is 13.3. The van der Waals surface area contributed by atoms with Crippen LogP contribution in [0.1, 0.15) is 22.4 Å². The summed E-state index contributed by atoms with van der Waals surface area (Å²) < 4.78 is 15.2. The highest BCUT2D eigenvalue weighted by Crippen LogP contribution is 2.16. The molecule has 1 fully saturated rings. The number of halogens is 1. The molecule has 1 aliphatic rings. The quantitative estimate of drug-likeness (QED) is 0.787. The molecule has 122 valence electrons. The summed E-state index contributed by atoms with van der Waals surface area (Å²) in [7, 11) is 0. The molecule has 6 heteroatoms. The van der Waals surface area contributed by atoms with E-state index in [-0.39, 0.29) is 12.6 Å². The Bertz CT molecular complexity index is 808. The predicted octanol–water partition coefficient (Wildman–Crippen LogP) is 3.53. The normalized spacial score (nSPS) is 18.7. The molecule has 2 heterocycles. The number of benzene rings is 1. The van der Waals surface area contributed by atoms with Crippen molar-refractivity contribution in [3.8, 4) is 5.69 Å². The SMILES string of the molecule is Cc1cn(-c2ccc(C)c(C)c2)/c(=N/C(=O)N2CC[C@@H](F)C2)s1. The maximum absolute atomic E-state index is 13.3. The van der Waals surface area contributed by atoms with Crippen LogP contribution in [0, 0.1) is 20.8 Å². The highest BCUT2D eigenvalue weighted by molar-refractivity contribution is 7.09. The number of likely N-dealkylation sites (tertiary alicyclic amines) is 1. The van der Waals surface area contributed by atoms with E-state index in [0.717, 1.165) is 10.6 Å². The third-order valence-corrected chi connectivity index (χ3v) is 5.03. The molecule has 1 aromatic carbocycles.